The van der Waals surface area contributed by atoms with Gasteiger partial charge in [0.05, 0.1) is 12.5 Å². The second-order valence-corrected chi connectivity index (χ2v) is 9.61. The minimum atomic E-state index is -0.822. The summed E-state index contributed by atoms with van der Waals surface area (Å²) in [5.74, 6) is -0.890. The number of H-pyrrole nitrogens is 1. The molecule has 2 heterocycles. The number of anilines is 1. The van der Waals surface area contributed by atoms with E-state index in [1.54, 1.807) is 0 Å². The van der Waals surface area contributed by atoms with E-state index in [2.05, 4.69) is 64.6 Å². The summed E-state index contributed by atoms with van der Waals surface area (Å²) in [6.45, 7) is 3.80. The van der Waals surface area contributed by atoms with E-state index in [1.165, 1.54) is 5.56 Å². The molecule has 37 heavy (non-hydrogen) atoms. The zero-order valence-corrected chi connectivity index (χ0v) is 20.9. The molecule has 0 radical (unpaired) electrons. The Morgan fingerprint density at radius 1 is 1.03 bits per heavy atom. The van der Waals surface area contributed by atoms with Gasteiger partial charge >= 0.3 is 5.97 Å². The molecule has 0 saturated heterocycles. The van der Waals surface area contributed by atoms with E-state index in [0.717, 1.165) is 51.9 Å². The number of nitrogens with one attached hydrogen (secondary N) is 2. The van der Waals surface area contributed by atoms with Crippen molar-refractivity contribution in [1.82, 2.24) is 10.3 Å². The van der Waals surface area contributed by atoms with Gasteiger partial charge in [-0.15, -0.1) is 0 Å². The van der Waals surface area contributed by atoms with Crippen LogP contribution in [0.3, 0.4) is 0 Å². The molecule has 1 unspecified atom stereocenters. The summed E-state index contributed by atoms with van der Waals surface area (Å²) in [4.78, 5) is 30.0. The molecule has 1 amide bonds. The van der Waals surface area contributed by atoms with Crippen molar-refractivity contribution < 1.29 is 14.7 Å². The number of carboxylic acids is 1. The highest BCUT2D eigenvalue weighted by molar-refractivity contribution is 5.87. The lowest BCUT2D eigenvalue weighted by Crippen LogP contribution is -2.32. The smallest absolute Gasteiger partial charge is 0.303 e. The Balaban J connectivity index is 1.42. The number of carbonyl (C=O) groups excluding carboxylic acids is 1. The molecule has 0 bridgehead atoms. The van der Waals surface area contributed by atoms with E-state index in [4.69, 9.17) is 5.11 Å². The first-order valence-electron chi connectivity index (χ1n) is 12.6. The fourth-order valence-corrected chi connectivity index (χ4v) is 5.01. The molecule has 1 atom stereocenters. The summed E-state index contributed by atoms with van der Waals surface area (Å²) in [5, 5.41) is 13.3. The van der Waals surface area contributed by atoms with E-state index in [1.807, 2.05) is 42.6 Å². The minimum absolute atomic E-state index is 0.0677. The number of fused-ring (bicyclic) bond motifs is 1. The molecule has 3 N–H and O–H groups in total. The zero-order valence-electron chi connectivity index (χ0n) is 20.9. The summed E-state index contributed by atoms with van der Waals surface area (Å²) in [7, 11) is 0. The predicted octanol–water partition coefficient (Wildman–Crippen LogP) is 5.32. The fourth-order valence-electron chi connectivity index (χ4n) is 5.01. The van der Waals surface area contributed by atoms with Crippen molar-refractivity contribution in [2.75, 3.05) is 18.0 Å². The van der Waals surface area contributed by atoms with Crippen molar-refractivity contribution in [3.63, 3.8) is 0 Å². The van der Waals surface area contributed by atoms with Gasteiger partial charge in [0.2, 0.25) is 5.91 Å². The summed E-state index contributed by atoms with van der Waals surface area (Å²) in [5.41, 5.74) is 7.20. The minimum Gasteiger partial charge on any atom is -0.481 e. The third kappa shape index (κ3) is 5.59. The van der Waals surface area contributed by atoms with Crippen LogP contribution in [0.1, 0.15) is 40.3 Å². The number of rotatable bonds is 9. The van der Waals surface area contributed by atoms with E-state index in [-0.39, 0.29) is 24.8 Å². The SMILES string of the molecule is Cc1ccc(C(NC(=O)Cc2ccc3[nH]cc(CCC(=O)O)c3c2)c2ccccc2)c(N2CC=CC2)c1. The maximum atomic E-state index is 13.4. The number of aromatic nitrogens is 1. The molecule has 188 valence electrons. The molecule has 0 fully saturated rings. The lowest BCUT2D eigenvalue weighted by atomic mass is 9.95. The van der Waals surface area contributed by atoms with Crippen molar-refractivity contribution >= 4 is 28.5 Å². The van der Waals surface area contributed by atoms with Gasteiger partial charge in [-0.2, -0.15) is 0 Å². The molecule has 1 aliphatic heterocycles. The topological polar surface area (TPSA) is 85.4 Å². The molecule has 4 aromatic rings. The lowest BCUT2D eigenvalue weighted by Gasteiger charge is -2.28. The molecular weight excluding hydrogens is 462 g/mol. The lowest BCUT2D eigenvalue weighted by molar-refractivity contribution is -0.137. The number of nitrogens with zero attached hydrogens (tertiary/aromatic N) is 1. The quantitative estimate of drug-likeness (QED) is 0.276. The van der Waals surface area contributed by atoms with Crippen LogP contribution in [-0.2, 0) is 22.4 Å². The van der Waals surface area contributed by atoms with Gasteiger partial charge in [-0.3, -0.25) is 9.59 Å². The van der Waals surface area contributed by atoms with Gasteiger partial charge in [0, 0.05) is 47.9 Å². The average Bonchev–Trinajstić information content (AvgIpc) is 3.57. The predicted molar refractivity (Wildman–Crippen MR) is 147 cm³/mol. The third-order valence-electron chi connectivity index (χ3n) is 6.90. The molecule has 0 aliphatic carbocycles. The average molecular weight is 494 g/mol. The van der Waals surface area contributed by atoms with Gasteiger partial charge < -0.3 is 20.3 Å². The van der Waals surface area contributed by atoms with Crippen LogP contribution in [-0.4, -0.2) is 35.1 Å². The number of hydrogen-bond donors (Lipinski definition) is 3. The Kier molecular flexibility index (Phi) is 7.08. The van der Waals surface area contributed by atoms with Crippen molar-refractivity contribution in [2.24, 2.45) is 0 Å². The number of carbonyl (C=O) groups is 2. The van der Waals surface area contributed by atoms with Crippen LogP contribution in [0.4, 0.5) is 5.69 Å². The van der Waals surface area contributed by atoms with Crippen LogP contribution in [0.15, 0.2) is 85.1 Å². The van der Waals surface area contributed by atoms with Gasteiger partial charge in [-0.25, -0.2) is 0 Å². The Morgan fingerprint density at radius 3 is 2.57 bits per heavy atom. The van der Waals surface area contributed by atoms with Crippen molar-refractivity contribution in [3.8, 4) is 0 Å². The van der Waals surface area contributed by atoms with Crippen LogP contribution < -0.4 is 10.2 Å². The van der Waals surface area contributed by atoms with Crippen molar-refractivity contribution in [2.45, 2.75) is 32.2 Å². The normalized spacial score (nSPS) is 13.7. The summed E-state index contributed by atoms with van der Waals surface area (Å²) < 4.78 is 0. The first-order valence-corrected chi connectivity index (χ1v) is 12.6. The van der Waals surface area contributed by atoms with Crippen molar-refractivity contribution in [3.05, 3.63) is 113 Å². The Labute approximate surface area is 216 Å². The number of aryl methyl sites for hydroxylation is 2. The summed E-state index contributed by atoms with van der Waals surface area (Å²) >= 11 is 0. The maximum absolute atomic E-state index is 13.4. The molecule has 3 aromatic carbocycles. The standard InChI is InChI=1S/C31H31N3O3/c1-21-9-12-25(28(17-21)34-15-5-6-16-34)31(23-7-3-2-4-8-23)33-29(35)19-22-10-13-27-26(18-22)24(20-32-27)11-14-30(36)37/h2-10,12-13,17-18,20,31-32H,11,14-16,19H2,1H3,(H,33,35)(H,36,37). The number of aromatic amines is 1. The second-order valence-electron chi connectivity index (χ2n) is 9.61. The van der Waals surface area contributed by atoms with Crippen LogP contribution >= 0.6 is 0 Å². The number of hydrogen-bond acceptors (Lipinski definition) is 3. The Hall–Kier alpha value is -4.32. The number of aliphatic carboxylic acids is 1. The molecule has 0 saturated carbocycles. The summed E-state index contributed by atoms with van der Waals surface area (Å²) in [6, 6.07) is 22.1. The summed E-state index contributed by atoms with van der Waals surface area (Å²) in [6.07, 6.45) is 6.95. The highest BCUT2D eigenvalue weighted by atomic mass is 16.4. The second kappa shape index (κ2) is 10.7. The largest absolute Gasteiger partial charge is 0.481 e. The van der Waals surface area contributed by atoms with Crippen LogP contribution in [0.25, 0.3) is 10.9 Å². The van der Waals surface area contributed by atoms with E-state index in [0.29, 0.717) is 6.42 Å². The highest BCUT2D eigenvalue weighted by Gasteiger charge is 2.23. The molecule has 1 aliphatic rings. The molecule has 0 spiro atoms. The number of amides is 1. The third-order valence-corrected chi connectivity index (χ3v) is 6.90. The Morgan fingerprint density at radius 2 is 1.81 bits per heavy atom. The maximum Gasteiger partial charge on any atom is 0.303 e. The first kappa shape index (κ1) is 24.4. The molecule has 1 aromatic heterocycles. The van der Waals surface area contributed by atoms with Gasteiger partial charge in [0.15, 0.2) is 0 Å². The molecule has 6 nitrogen and oxygen atoms in total. The van der Waals surface area contributed by atoms with Gasteiger partial charge in [0.1, 0.15) is 0 Å². The van der Waals surface area contributed by atoms with Crippen molar-refractivity contribution in [1.29, 1.82) is 0 Å². The van der Waals surface area contributed by atoms with E-state index < -0.39 is 5.97 Å². The molecule has 5 rings (SSSR count). The molecule has 6 heteroatoms. The molecular formula is C31H31N3O3. The van der Waals surface area contributed by atoms with Crippen LogP contribution in [0, 0.1) is 6.92 Å². The fraction of sp³-hybridized carbons (Fsp3) is 0.226. The van der Waals surface area contributed by atoms with Gasteiger partial charge in [-0.1, -0.05) is 60.7 Å². The number of carboxylic acid groups (broad SMARTS) is 1. The van der Waals surface area contributed by atoms with Crippen LogP contribution in [0.5, 0.6) is 0 Å². The monoisotopic (exact) mass is 493 g/mol. The zero-order chi connectivity index (χ0) is 25.8. The first-order chi connectivity index (χ1) is 18.0. The van der Waals surface area contributed by atoms with E-state index in [9.17, 15) is 9.59 Å². The van der Waals surface area contributed by atoms with Gasteiger partial charge in [-0.05, 0) is 53.8 Å². The number of benzene rings is 3. The highest BCUT2D eigenvalue weighted by Crippen LogP contribution is 2.33. The van der Waals surface area contributed by atoms with E-state index >= 15 is 0 Å². The Bertz CT molecular complexity index is 1450. The van der Waals surface area contributed by atoms with Crippen LogP contribution in [0.2, 0.25) is 0 Å². The van der Waals surface area contributed by atoms with Gasteiger partial charge in [0.25, 0.3) is 0 Å².